The van der Waals surface area contributed by atoms with Gasteiger partial charge in [0.1, 0.15) is 11.3 Å². The van der Waals surface area contributed by atoms with E-state index in [9.17, 15) is 14.4 Å². The summed E-state index contributed by atoms with van der Waals surface area (Å²) in [6.07, 6.45) is 3.43. The Kier molecular flexibility index (Phi) is 4.64. The van der Waals surface area contributed by atoms with Gasteiger partial charge in [-0.3, -0.25) is 14.9 Å². The summed E-state index contributed by atoms with van der Waals surface area (Å²) in [6.45, 7) is 2.77. The molecule has 1 aromatic heterocycles. The lowest BCUT2D eigenvalue weighted by Gasteiger charge is -2.26. The van der Waals surface area contributed by atoms with E-state index in [1.807, 2.05) is 42.0 Å². The molecule has 2 aromatic carbocycles. The number of anilines is 1. The van der Waals surface area contributed by atoms with Crippen molar-refractivity contribution >= 4 is 40.5 Å². The fourth-order valence-electron chi connectivity index (χ4n) is 3.43. The first-order valence-electron chi connectivity index (χ1n) is 9.17. The minimum absolute atomic E-state index is 0.0978. The molecule has 7 heteroatoms. The molecule has 29 heavy (non-hydrogen) atoms. The highest BCUT2D eigenvalue weighted by Gasteiger charge is 2.37. The van der Waals surface area contributed by atoms with Crippen LogP contribution in [0.2, 0.25) is 0 Å². The SMILES string of the molecule is CCn1cc(/C=C2\C(=O)NC(=O)N(c3ccc(OC)cc3)C2=O)c2ccccc21. The van der Waals surface area contributed by atoms with Crippen molar-refractivity contribution in [2.45, 2.75) is 13.5 Å². The number of hydrogen-bond acceptors (Lipinski definition) is 4. The Bertz CT molecular complexity index is 1160. The van der Waals surface area contributed by atoms with Gasteiger partial charge in [-0.1, -0.05) is 18.2 Å². The van der Waals surface area contributed by atoms with E-state index in [0.717, 1.165) is 27.9 Å². The van der Waals surface area contributed by atoms with E-state index >= 15 is 0 Å². The number of hydrogen-bond donors (Lipinski definition) is 1. The summed E-state index contributed by atoms with van der Waals surface area (Å²) in [7, 11) is 1.53. The van der Waals surface area contributed by atoms with E-state index in [1.54, 1.807) is 24.3 Å². The Balaban J connectivity index is 1.78. The van der Waals surface area contributed by atoms with E-state index in [1.165, 1.54) is 13.2 Å². The monoisotopic (exact) mass is 389 g/mol. The lowest BCUT2D eigenvalue weighted by atomic mass is 10.1. The maximum absolute atomic E-state index is 13.1. The van der Waals surface area contributed by atoms with Gasteiger partial charge in [0, 0.05) is 29.2 Å². The molecule has 7 nitrogen and oxygen atoms in total. The molecule has 0 bridgehead atoms. The molecule has 0 radical (unpaired) electrons. The number of methoxy groups -OCH3 is 1. The normalized spacial score (nSPS) is 15.9. The molecule has 1 fully saturated rings. The van der Waals surface area contributed by atoms with Crippen LogP contribution in [-0.2, 0) is 16.1 Å². The number of rotatable bonds is 4. The third kappa shape index (κ3) is 3.16. The minimum Gasteiger partial charge on any atom is -0.497 e. The summed E-state index contributed by atoms with van der Waals surface area (Å²) in [5, 5.41) is 3.17. The van der Waals surface area contributed by atoms with E-state index in [0.29, 0.717) is 11.4 Å². The van der Waals surface area contributed by atoms with Gasteiger partial charge >= 0.3 is 6.03 Å². The molecule has 0 saturated carbocycles. The van der Waals surface area contributed by atoms with Crippen molar-refractivity contribution in [3.63, 3.8) is 0 Å². The van der Waals surface area contributed by atoms with Gasteiger partial charge in [-0.25, -0.2) is 9.69 Å². The average Bonchev–Trinajstić information content (AvgIpc) is 3.09. The van der Waals surface area contributed by atoms with Crippen molar-refractivity contribution in [1.82, 2.24) is 9.88 Å². The molecule has 0 atom stereocenters. The van der Waals surface area contributed by atoms with Crippen molar-refractivity contribution < 1.29 is 19.1 Å². The molecule has 1 saturated heterocycles. The van der Waals surface area contributed by atoms with E-state index in [4.69, 9.17) is 4.74 Å². The second-order valence-electron chi connectivity index (χ2n) is 6.54. The molecule has 3 aromatic rings. The third-order valence-electron chi connectivity index (χ3n) is 4.89. The molecule has 4 rings (SSSR count). The lowest BCUT2D eigenvalue weighted by Crippen LogP contribution is -2.54. The molecule has 2 heterocycles. The summed E-state index contributed by atoms with van der Waals surface area (Å²) in [6, 6.07) is 13.4. The van der Waals surface area contributed by atoms with Crippen LogP contribution in [0.3, 0.4) is 0 Å². The van der Waals surface area contributed by atoms with Crippen LogP contribution in [0.15, 0.2) is 60.3 Å². The predicted octanol–water partition coefficient (Wildman–Crippen LogP) is 3.34. The van der Waals surface area contributed by atoms with E-state index < -0.39 is 17.8 Å². The zero-order valence-electron chi connectivity index (χ0n) is 16.0. The summed E-state index contributed by atoms with van der Waals surface area (Å²) >= 11 is 0. The zero-order valence-corrected chi connectivity index (χ0v) is 16.0. The smallest absolute Gasteiger partial charge is 0.335 e. The summed E-state index contributed by atoms with van der Waals surface area (Å²) < 4.78 is 7.15. The van der Waals surface area contributed by atoms with Gasteiger partial charge in [-0.2, -0.15) is 0 Å². The van der Waals surface area contributed by atoms with Crippen LogP contribution in [0.25, 0.3) is 17.0 Å². The van der Waals surface area contributed by atoms with Crippen LogP contribution in [-0.4, -0.2) is 29.5 Å². The number of aryl methyl sites for hydroxylation is 1. The van der Waals surface area contributed by atoms with Crippen molar-refractivity contribution in [3.8, 4) is 5.75 Å². The highest BCUT2D eigenvalue weighted by atomic mass is 16.5. The van der Waals surface area contributed by atoms with E-state index in [-0.39, 0.29) is 5.57 Å². The molecule has 0 unspecified atom stereocenters. The second-order valence-corrected chi connectivity index (χ2v) is 6.54. The number of carbonyl (C=O) groups excluding carboxylic acids is 3. The molecule has 1 aliphatic heterocycles. The van der Waals surface area contributed by atoms with Crippen LogP contribution >= 0.6 is 0 Å². The summed E-state index contributed by atoms with van der Waals surface area (Å²) in [5.74, 6) is -0.784. The fourth-order valence-corrected chi connectivity index (χ4v) is 3.43. The number of nitrogens with one attached hydrogen (secondary N) is 1. The average molecular weight is 389 g/mol. The number of urea groups is 1. The first kappa shape index (κ1) is 18.5. The van der Waals surface area contributed by atoms with Gasteiger partial charge in [0.2, 0.25) is 0 Å². The molecule has 1 N–H and O–H groups in total. The van der Waals surface area contributed by atoms with Crippen molar-refractivity contribution in [3.05, 3.63) is 65.9 Å². The maximum Gasteiger partial charge on any atom is 0.335 e. The fraction of sp³-hybridized carbons (Fsp3) is 0.136. The number of barbiturate groups is 1. The number of imide groups is 2. The molecule has 1 aliphatic rings. The van der Waals surface area contributed by atoms with Gasteiger partial charge in [-0.05, 0) is 43.3 Å². The standard InChI is InChI=1S/C22H19N3O4/c1-3-24-13-14(17-6-4-5-7-19(17)24)12-18-20(26)23-22(28)25(21(18)27)15-8-10-16(29-2)11-9-15/h4-13H,3H2,1-2H3,(H,23,26,28)/b18-12+. The van der Waals surface area contributed by atoms with Crippen LogP contribution < -0.4 is 15.0 Å². The van der Waals surface area contributed by atoms with Crippen molar-refractivity contribution in [1.29, 1.82) is 0 Å². The molecule has 146 valence electrons. The third-order valence-corrected chi connectivity index (χ3v) is 4.89. The molecular weight excluding hydrogens is 370 g/mol. The Labute approximate surface area is 167 Å². The van der Waals surface area contributed by atoms with Crippen LogP contribution in [0, 0.1) is 0 Å². The quantitative estimate of drug-likeness (QED) is 0.548. The number of aromatic nitrogens is 1. The van der Waals surface area contributed by atoms with Gasteiger partial charge in [0.15, 0.2) is 0 Å². The maximum atomic E-state index is 13.1. The number of fused-ring (bicyclic) bond motifs is 1. The molecule has 0 spiro atoms. The summed E-state index contributed by atoms with van der Waals surface area (Å²) in [4.78, 5) is 38.8. The predicted molar refractivity (Wildman–Crippen MR) is 110 cm³/mol. The first-order chi connectivity index (χ1) is 14.0. The number of ether oxygens (including phenoxy) is 1. The van der Waals surface area contributed by atoms with Crippen LogP contribution in [0.1, 0.15) is 12.5 Å². The van der Waals surface area contributed by atoms with Gasteiger partial charge < -0.3 is 9.30 Å². The molecule has 4 amide bonds. The molecular formula is C22H19N3O4. The van der Waals surface area contributed by atoms with Crippen molar-refractivity contribution in [2.24, 2.45) is 0 Å². The number of para-hydroxylation sites is 1. The zero-order chi connectivity index (χ0) is 20.5. The Morgan fingerprint density at radius 3 is 2.45 bits per heavy atom. The number of amides is 4. The van der Waals surface area contributed by atoms with Gasteiger partial charge in [-0.15, -0.1) is 0 Å². The van der Waals surface area contributed by atoms with Crippen LogP contribution in [0.5, 0.6) is 5.75 Å². The molecule has 0 aliphatic carbocycles. The van der Waals surface area contributed by atoms with E-state index in [2.05, 4.69) is 5.32 Å². The topological polar surface area (TPSA) is 80.6 Å². The first-order valence-corrected chi connectivity index (χ1v) is 9.17. The number of nitrogens with zero attached hydrogens (tertiary/aromatic N) is 2. The number of carbonyl (C=O) groups is 3. The summed E-state index contributed by atoms with van der Waals surface area (Å²) in [5.41, 5.74) is 2.00. The van der Waals surface area contributed by atoms with Gasteiger partial charge in [0.05, 0.1) is 12.8 Å². The van der Waals surface area contributed by atoms with Gasteiger partial charge in [0.25, 0.3) is 11.8 Å². The minimum atomic E-state index is -0.779. The highest BCUT2D eigenvalue weighted by molar-refractivity contribution is 6.39. The lowest BCUT2D eigenvalue weighted by molar-refractivity contribution is -0.122. The Morgan fingerprint density at radius 2 is 1.76 bits per heavy atom. The largest absolute Gasteiger partial charge is 0.497 e. The Morgan fingerprint density at radius 1 is 1.03 bits per heavy atom. The number of benzene rings is 2. The van der Waals surface area contributed by atoms with Crippen LogP contribution in [0.4, 0.5) is 10.5 Å². The van der Waals surface area contributed by atoms with Crippen molar-refractivity contribution in [2.75, 3.05) is 12.0 Å². The highest BCUT2D eigenvalue weighted by Crippen LogP contribution is 2.27. The Hall–Kier alpha value is -3.87. The second kappa shape index (κ2) is 7.27.